The van der Waals surface area contributed by atoms with Crippen LogP contribution in [-0.2, 0) is 4.79 Å². The number of carbonyl (C=O) groups excluding carboxylic acids is 1. The van der Waals surface area contributed by atoms with Crippen molar-refractivity contribution < 1.29 is 23.4 Å². The number of carbonyl (C=O) groups is 1. The van der Waals surface area contributed by atoms with E-state index in [2.05, 4.69) is 0 Å². The number of halogens is 2. The first-order valence-corrected chi connectivity index (χ1v) is 7.65. The average molecular weight is 333 g/mol. The number of hydrogen-bond acceptors (Lipinski definition) is 3. The fourth-order valence-corrected chi connectivity index (χ4v) is 2.87. The number of ether oxygens (including phenoxy) is 1. The lowest BCUT2D eigenvalue weighted by Gasteiger charge is -2.25. The standard InChI is InChI=1S/C18H17F2NO3/c19-15-7-6-12(8-16(15)20)17-9-13(22)10-21(17)18(23)11-24-14-4-2-1-3-5-14/h1-8,13,17,22H,9-11H2/t13-,17+/m1/s1. The van der Waals surface area contributed by atoms with E-state index in [-0.39, 0.29) is 25.5 Å². The second-order valence-electron chi connectivity index (χ2n) is 5.73. The van der Waals surface area contributed by atoms with Crippen LogP contribution in [0.3, 0.4) is 0 Å². The van der Waals surface area contributed by atoms with E-state index in [1.165, 1.54) is 11.0 Å². The summed E-state index contributed by atoms with van der Waals surface area (Å²) in [4.78, 5) is 13.9. The number of rotatable bonds is 4. The number of hydrogen-bond donors (Lipinski definition) is 1. The van der Waals surface area contributed by atoms with Crippen LogP contribution in [-0.4, -0.2) is 35.2 Å². The maximum atomic E-state index is 13.5. The third-order valence-electron chi connectivity index (χ3n) is 4.03. The number of aliphatic hydroxyl groups is 1. The van der Waals surface area contributed by atoms with Crippen molar-refractivity contribution in [1.82, 2.24) is 4.90 Å². The average Bonchev–Trinajstić information content (AvgIpc) is 2.98. The molecule has 0 bridgehead atoms. The number of aliphatic hydroxyl groups excluding tert-OH is 1. The van der Waals surface area contributed by atoms with Gasteiger partial charge in [0.1, 0.15) is 5.75 Å². The molecule has 0 aromatic heterocycles. The Morgan fingerprint density at radius 3 is 2.62 bits per heavy atom. The molecule has 0 radical (unpaired) electrons. The summed E-state index contributed by atoms with van der Waals surface area (Å²) in [5.74, 6) is -1.66. The van der Waals surface area contributed by atoms with Crippen LogP contribution in [0, 0.1) is 11.6 Å². The van der Waals surface area contributed by atoms with Crippen molar-refractivity contribution in [3.8, 4) is 5.75 Å². The van der Waals surface area contributed by atoms with Gasteiger partial charge in [-0.15, -0.1) is 0 Å². The Labute approximate surface area is 138 Å². The lowest BCUT2D eigenvalue weighted by atomic mass is 10.0. The van der Waals surface area contributed by atoms with Gasteiger partial charge in [-0.1, -0.05) is 24.3 Å². The van der Waals surface area contributed by atoms with E-state index in [0.29, 0.717) is 11.3 Å². The Hall–Kier alpha value is -2.47. The Kier molecular flexibility index (Phi) is 4.76. The SMILES string of the molecule is O=C(COc1ccccc1)N1C[C@H](O)C[C@H]1c1ccc(F)c(F)c1. The molecule has 2 aromatic rings. The van der Waals surface area contributed by atoms with Gasteiger partial charge in [-0.05, 0) is 36.2 Å². The van der Waals surface area contributed by atoms with E-state index in [1.807, 2.05) is 6.07 Å². The summed E-state index contributed by atoms with van der Waals surface area (Å²) in [6.07, 6.45) is -0.425. The second kappa shape index (κ2) is 6.97. The van der Waals surface area contributed by atoms with E-state index in [9.17, 15) is 18.7 Å². The van der Waals surface area contributed by atoms with Gasteiger partial charge >= 0.3 is 0 Å². The predicted octanol–water partition coefficient (Wildman–Crippen LogP) is 2.68. The summed E-state index contributed by atoms with van der Waals surface area (Å²) in [7, 11) is 0. The van der Waals surface area contributed by atoms with Crippen LogP contribution in [0.4, 0.5) is 8.78 Å². The predicted molar refractivity (Wildman–Crippen MR) is 83.4 cm³/mol. The molecule has 1 aliphatic rings. The van der Waals surface area contributed by atoms with Crippen molar-refractivity contribution >= 4 is 5.91 Å². The van der Waals surface area contributed by atoms with Crippen LogP contribution in [0.5, 0.6) is 5.75 Å². The van der Waals surface area contributed by atoms with Gasteiger partial charge in [0.05, 0.1) is 12.1 Å². The Balaban J connectivity index is 1.72. The maximum absolute atomic E-state index is 13.5. The molecule has 1 heterocycles. The summed E-state index contributed by atoms with van der Waals surface area (Å²) in [5.41, 5.74) is 0.457. The number of β-amino-alcohol motifs (C(OH)–C–C–N with tert-alkyl or cyclic N) is 1. The monoisotopic (exact) mass is 333 g/mol. The normalized spacial score (nSPS) is 20.2. The van der Waals surface area contributed by atoms with E-state index in [1.54, 1.807) is 24.3 Å². The zero-order valence-corrected chi connectivity index (χ0v) is 12.9. The Bertz CT molecular complexity index is 723. The molecule has 1 amide bonds. The van der Waals surface area contributed by atoms with Crippen LogP contribution in [0.2, 0.25) is 0 Å². The molecule has 4 nitrogen and oxygen atoms in total. The minimum atomic E-state index is -0.971. The van der Waals surface area contributed by atoms with E-state index in [4.69, 9.17) is 4.74 Å². The third kappa shape index (κ3) is 3.54. The quantitative estimate of drug-likeness (QED) is 0.936. The van der Waals surface area contributed by atoms with Gasteiger partial charge in [-0.3, -0.25) is 4.79 Å². The molecule has 1 aliphatic heterocycles. The van der Waals surface area contributed by atoms with Crippen molar-refractivity contribution in [2.24, 2.45) is 0 Å². The minimum Gasteiger partial charge on any atom is -0.484 e. The lowest BCUT2D eigenvalue weighted by molar-refractivity contribution is -0.134. The molecule has 1 saturated heterocycles. The van der Waals surface area contributed by atoms with Gasteiger partial charge < -0.3 is 14.7 Å². The number of amides is 1. The molecule has 126 valence electrons. The molecule has 2 atom stereocenters. The second-order valence-corrected chi connectivity index (χ2v) is 5.73. The summed E-state index contributed by atoms with van der Waals surface area (Å²) in [6, 6.07) is 11.9. The molecule has 3 rings (SSSR count). The van der Waals surface area contributed by atoms with Crippen molar-refractivity contribution in [3.05, 3.63) is 65.7 Å². The first-order valence-electron chi connectivity index (χ1n) is 7.65. The smallest absolute Gasteiger partial charge is 0.261 e. The highest BCUT2D eigenvalue weighted by Crippen LogP contribution is 2.33. The lowest BCUT2D eigenvalue weighted by Crippen LogP contribution is -2.35. The molecular weight excluding hydrogens is 316 g/mol. The summed E-state index contributed by atoms with van der Waals surface area (Å²) < 4.78 is 32.0. The third-order valence-corrected chi connectivity index (χ3v) is 4.03. The van der Waals surface area contributed by atoms with Gasteiger partial charge in [0.2, 0.25) is 0 Å². The number of nitrogens with zero attached hydrogens (tertiary/aromatic N) is 1. The van der Waals surface area contributed by atoms with E-state index < -0.39 is 23.8 Å². The first-order chi connectivity index (χ1) is 11.5. The molecule has 24 heavy (non-hydrogen) atoms. The van der Waals surface area contributed by atoms with Gasteiger partial charge in [0.25, 0.3) is 5.91 Å². The van der Waals surface area contributed by atoms with Crippen LogP contribution in [0.1, 0.15) is 18.0 Å². The van der Waals surface area contributed by atoms with Crippen LogP contribution in [0.15, 0.2) is 48.5 Å². The molecule has 0 unspecified atom stereocenters. The molecular formula is C18H17F2NO3. The van der Waals surface area contributed by atoms with E-state index in [0.717, 1.165) is 12.1 Å². The minimum absolute atomic E-state index is 0.140. The van der Waals surface area contributed by atoms with Crippen molar-refractivity contribution in [2.75, 3.05) is 13.2 Å². The molecule has 0 spiro atoms. The largest absolute Gasteiger partial charge is 0.484 e. The van der Waals surface area contributed by atoms with E-state index >= 15 is 0 Å². The molecule has 0 saturated carbocycles. The van der Waals surface area contributed by atoms with Crippen LogP contribution < -0.4 is 4.74 Å². The van der Waals surface area contributed by atoms with Crippen LogP contribution in [0.25, 0.3) is 0 Å². The summed E-state index contributed by atoms with van der Waals surface area (Å²) >= 11 is 0. The van der Waals surface area contributed by atoms with Crippen LogP contribution >= 0.6 is 0 Å². The molecule has 6 heteroatoms. The zero-order valence-electron chi connectivity index (χ0n) is 12.9. The van der Waals surface area contributed by atoms with Gasteiger partial charge in [0.15, 0.2) is 18.2 Å². The molecule has 1 N–H and O–H groups in total. The molecule has 2 aromatic carbocycles. The van der Waals surface area contributed by atoms with Crippen molar-refractivity contribution in [2.45, 2.75) is 18.6 Å². The topological polar surface area (TPSA) is 49.8 Å². The highest BCUT2D eigenvalue weighted by Gasteiger charge is 2.35. The summed E-state index contributed by atoms with van der Waals surface area (Å²) in [5, 5.41) is 9.89. The van der Waals surface area contributed by atoms with Crippen molar-refractivity contribution in [1.29, 1.82) is 0 Å². The number of benzene rings is 2. The fourth-order valence-electron chi connectivity index (χ4n) is 2.87. The van der Waals surface area contributed by atoms with Crippen molar-refractivity contribution in [3.63, 3.8) is 0 Å². The fraction of sp³-hybridized carbons (Fsp3) is 0.278. The van der Waals surface area contributed by atoms with Gasteiger partial charge in [0, 0.05) is 6.54 Å². The van der Waals surface area contributed by atoms with Gasteiger partial charge in [-0.2, -0.15) is 0 Å². The Morgan fingerprint density at radius 2 is 1.92 bits per heavy atom. The maximum Gasteiger partial charge on any atom is 0.261 e. The number of likely N-dealkylation sites (tertiary alicyclic amines) is 1. The first kappa shape index (κ1) is 16.4. The molecule has 0 aliphatic carbocycles. The highest BCUT2D eigenvalue weighted by molar-refractivity contribution is 5.78. The Morgan fingerprint density at radius 1 is 1.17 bits per heavy atom. The molecule has 1 fully saturated rings. The highest BCUT2D eigenvalue weighted by atomic mass is 19.2. The number of para-hydroxylation sites is 1. The van der Waals surface area contributed by atoms with Gasteiger partial charge in [-0.25, -0.2) is 8.78 Å². The summed E-state index contributed by atoms with van der Waals surface area (Å²) in [6.45, 7) is -0.0441. The zero-order chi connectivity index (χ0) is 17.1.